The molecule has 7 nitrogen and oxygen atoms in total. The SMILES string of the molecule is O=[N+]([O-])c1cccc(C2=Nc3ccccc3N(Cc3ccco3)C2O)c1. The molecule has 0 bridgehead atoms. The number of furan rings is 1. The van der Waals surface area contributed by atoms with Crippen molar-refractivity contribution in [1.29, 1.82) is 0 Å². The quantitative estimate of drug-likeness (QED) is 0.573. The first kappa shape index (κ1) is 16.0. The predicted molar refractivity (Wildman–Crippen MR) is 96.6 cm³/mol. The van der Waals surface area contributed by atoms with E-state index in [1.54, 1.807) is 29.4 Å². The van der Waals surface area contributed by atoms with E-state index < -0.39 is 11.2 Å². The van der Waals surface area contributed by atoms with Gasteiger partial charge in [0.2, 0.25) is 0 Å². The normalized spacial score (nSPS) is 16.1. The second-order valence-corrected chi connectivity index (χ2v) is 5.87. The van der Waals surface area contributed by atoms with Gasteiger partial charge in [-0.05, 0) is 24.3 Å². The third kappa shape index (κ3) is 2.84. The number of nitro benzene ring substituents is 1. The molecule has 7 heteroatoms. The zero-order valence-electron chi connectivity index (χ0n) is 13.6. The number of nitrogens with zero attached hydrogens (tertiary/aromatic N) is 3. The van der Waals surface area contributed by atoms with E-state index in [-0.39, 0.29) is 5.69 Å². The van der Waals surface area contributed by atoms with Gasteiger partial charge in [-0.15, -0.1) is 0 Å². The minimum atomic E-state index is -1.06. The van der Waals surface area contributed by atoms with Crippen molar-refractivity contribution in [2.24, 2.45) is 4.99 Å². The number of benzene rings is 2. The lowest BCUT2D eigenvalue weighted by Gasteiger charge is -2.34. The summed E-state index contributed by atoms with van der Waals surface area (Å²) in [5, 5.41) is 22.0. The molecule has 130 valence electrons. The number of aliphatic hydroxyl groups is 1. The fourth-order valence-corrected chi connectivity index (χ4v) is 3.00. The number of hydrogen-bond acceptors (Lipinski definition) is 6. The van der Waals surface area contributed by atoms with Gasteiger partial charge in [0.1, 0.15) is 5.76 Å². The molecule has 1 atom stereocenters. The van der Waals surface area contributed by atoms with Gasteiger partial charge in [-0.1, -0.05) is 24.3 Å². The van der Waals surface area contributed by atoms with E-state index >= 15 is 0 Å². The standard InChI is InChI=1S/C19H15N3O4/c23-19-18(13-5-3-6-14(11-13)22(24)25)20-16-8-1-2-9-17(16)21(19)12-15-7-4-10-26-15/h1-11,19,23H,12H2. The van der Waals surface area contributed by atoms with Crippen LogP contribution in [-0.2, 0) is 6.54 Å². The van der Waals surface area contributed by atoms with Crippen LogP contribution in [0.1, 0.15) is 11.3 Å². The topological polar surface area (TPSA) is 92.1 Å². The van der Waals surface area contributed by atoms with Crippen LogP contribution in [0.3, 0.4) is 0 Å². The molecule has 0 saturated heterocycles. The van der Waals surface area contributed by atoms with Crippen LogP contribution in [0.2, 0.25) is 0 Å². The Bertz CT molecular complexity index is 982. The van der Waals surface area contributed by atoms with Crippen LogP contribution < -0.4 is 4.90 Å². The lowest BCUT2D eigenvalue weighted by molar-refractivity contribution is -0.384. The van der Waals surface area contributed by atoms with Gasteiger partial charge in [-0.25, -0.2) is 4.99 Å². The molecule has 3 aromatic rings. The maximum atomic E-state index is 11.1. The molecule has 26 heavy (non-hydrogen) atoms. The Morgan fingerprint density at radius 2 is 2.00 bits per heavy atom. The summed E-state index contributed by atoms with van der Waals surface area (Å²) in [7, 11) is 0. The van der Waals surface area contributed by atoms with Crippen molar-refractivity contribution >= 4 is 22.8 Å². The molecule has 2 heterocycles. The van der Waals surface area contributed by atoms with Crippen molar-refractivity contribution < 1.29 is 14.4 Å². The van der Waals surface area contributed by atoms with Gasteiger partial charge < -0.3 is 14.4 Å². The molecule has 0 radical (unpaired) electrons. The van der Waals surface area contributed by atoms with E-state index in [4.69, 9.17) is 4.42 Å². The molecule has 1 aromatic heterocycles. The van der Waals surface area contributed by atoms with Crippen molar-refractivity contribution in [3.05, 3.63) is 88.4 Å². The molecule has 1 unspecified atom stereocenters. The summed E-state index contributed by atoms with van der Waals surface area (Å²) in [6.07, 6.45) is 0.518. The fourth-order valence-electron chi connectivity index (χ4n) is 3.00. The maximum absolute atomic E-state index is 11.1. The number of fused-ring (bicyclic) bond motifs is 1. The first-order valence-corrected chi connectivity index (χ1v) is 8.03. The fraction of sp³-hybridized carbons (Fsp3) is 0.105. The van der Waals surface area contributed by atoms with Crippen LogP contribution in [0.4, 0.5) is 17.1 Å². The zero-order valence-corrected chi connectivity index (χ0v) is 13.6. The molecule has 2 aromatic carbocycles. The van der Waals surface area contributed by atoms with Gasteiger partial charge in [0.05, 0.1) is 34.8 Å². The molecule has 4 rings (SSSR count). The first-order valence-electron chi connectivity index (χ1n) is 8.03. The third-order valence-electron chi connectivity index (χ3n) is 4.23. The van der Waals surface area contributed by atoms with E-state index in [0.717, 1.165) is 5.69 Å². The van der Waals surface area contributed by atoms with Crippen LogP contribution >= 0.6 is 0 Å². The van der Waals surface area contributed by atoms with Crippen LogP contribution in [0, 0.1) is 10.1 Å². The maximum Gasteiger partial charge on any atom is 0.270 e. The lowest BCUT2D eigenvalue weighted by atomic mass is 10.0. The highest BCUT2D eigenvalue weighted by molar-refractivity contribution is 6.09. The third-order valence-corrected chi connectivity index (χ3v) is 4.23. The second kappa shape index (κ2) is 6.45. The summed E-state index contributed by atoms with van der Waals surface area (Å²) in [5.41, 5.74) is 2.27. The molecule has 0 amide bonds. The Morgan fingerprint density at radius 3 is 2.77 bits per heavy atom. The van der Waals surface area contributed by atoms with Crippen LogP contribution in [-0.4, -0.2) is 22.0 Å². The average Bonchev–Trinajstić information content (AvgIpc) is 3.17. The molecule has 1 aliphatic rings. The van der Waals surface area contributed by atoms with Crippen LogP contribution in [0.25, 0.3) is 0 Å². The molecular weight excluding hydrogens is 334 g/mol. The van der Waals surface area contributed by atoms with Crippen molar-refractivity contribution in [2.45, 2.75) is 12.8 Å². The Balaban J connectivity index is 1.79. The largest absolute Gasteiger partial charge is 0.467 e. The van der Waals surface area contributed by atoms with Crippen molar-refractivity contribution in [3.8, 4) is 0 Å². The van der Waals surface area contributed by atoms with Gasteiger partial charge in [-0.2, -0.15) is 0 Å². The smallest absolute Gasteiger partial charge is 0.270 e. The van der Waals surface area contributed by atoms with Crippen molar-refractivity contribution in [2.75, 3.05) is 4.90 Å². The highest BCUT2D eigenvalue weighted by Gasteiger charge is 2.30. The lowest BCUT2D eigenvalue weighted by Crippen LogP contribution is -2.43. The summed E-state index contributed by atoms with van der Waals surface area (Å²) < 4.78 is 5.41. The van der Waals surface area contributed by atoms with E-state index in [1.807, 2.05) is 30.3 Å². The molecule has 0 aliphatic carbocycles. The summed E-state index contributed by atoms with van der Waals surface area (Å²) in [5.74, 6) is 0.694. The number of rotatable bonds is 4. The number of aliphatic hydroxyl groups excluding tert-OH is 1. The molecule has 0 spiro atoms. The summed E-state index contributed by atoms with van der Waals surface area (Å²) in [6.45, 7) is 0.346. The van der Waals surface area contributed by atoms with Gasteiger partial charge in [0, 0.05) is 17.7 Å². The highest BCUT2D eigenvalue weighted by Crippen LogP contribution is 2.36. The monoisotopic (exact) mass is 349 g/mol. The molecule has 0 saturated carbocycles. The van der Waals surface area contributed by atoms with E-state index in [9.17, 15) is 15.2 Å². The molecule has 1 aliphatic heterocycles. The number of nitro groups is 1. The predicted octanol–water partition coefficient (Wildman–Crippen LogP) is 3.65. The minimum Gasteiger partial charge on any atom is -0.467 e. The van der Waals surface area contributed by atoms with Gasteiger partial charge in [0.15, 0.2) is 6.23 Å². The van der Waals surface area contributed by atoms with Crippen molar-refractivity contribution in [1.82, 2.24) is 0 Å². The number of non-ortho nitro benzene ring substituents is 1. The summed E-state index contributed by atoms with van der Waals surface area (Å²) in [6, 6.07) is 17.2. The molecule has 1 N–H and O–H groups in total. The van der Waals surface area contributed by atoms with Gasteiger partial charge >= 0.3 is 0 Å². The first-order chi connectivity index (χ1) is 12.6. The molecule has 0 fully saturated rings. The Kier molecular flexibility index (Phi) is 3.98. The highest BCUT2D eigenvalue weighted by atomic mass is 16.6. The second-order valence-electron chi connectivity index (χ2n) is 5.87. The molecular formula is C19H15N3O4. The van der Waals surface area contributed by atoms with Crippen LogP contribution in [0.5, 0.6) is 0 Å². The minimum absolute atomic E-state index is 0.0474. The van der Waals surface area contributed by atoms with Crippen molar-refractivity contribution in [3.63, 3.8) is 0 Å². The van der Waals surface area contributed by atoms with Crippen LogP contribution in [0.15, 0.2) is 76.3 Å². The Labute approximate surface area is 149 Å². The Hall–Kier alpha value is -3.45. The summed E-state index contributed by atoms with van der Waals surface area (Å²) >= 11 is 0. The number of para-hydroxylation sites is 2. The number of aliphatic imine (C=N–C) groups is 1. The number of hydrogen-bond donors (Lipinski definition) is 1. The number of anilines is 1. The zero-order chi connectivity index (χ0) is 18.1. The van der Waals surface area contributed by atoms with Gasteiger partial charge in [-0.3, -0.25) is 10.1 Å². The van der Waals surface area contributed by atoms with Gasteiger partial charge in [0.25, 0.3) is 5.69 Å². The van der Waals surface area contributed by atoms with E-state index in [0.29, 0.717) is 29.3 Å². The van der Waals surface area contributed by atoms with E-state index in [1.165, 1.54) is 12.1 Å². The average molecular weight is 349 g/mol. The van der Waals surface area contributed by atoms with E-state index in [2.05, 4.69) is 4.99 Å². The summed E-state index contributed by atoms with van der Waals surface area (Å²) in [4.78, 5) is 16.9. The Morgan fingerprint density at radius 1 is 1.15 bits per heavy atom.